The lowest BCUT2D eigenvalue weighted by molar-refractivity contribution is -0.0323. The van der Waals surface area contributed by atoms with Crippen LogP contribution in [0, 0.1) is 5.41 Å². The highest BCUT2D eigenvalue weighted by Crippen LogP contribution is 2.22. The standard InChI is InChI=1S/C4H7N3OS/c5-3(6)4-7(8)1-2-9-4/h1-2,4,8H,(H3,5,6). The summed E-state index contributed by atoms with van der Waals surface area (Å²) in [5, 5.41) is 18.0. The summed E-state index contributed by atoms with van der Waals surface area (Å²) in [6.45, 7) is 0. The zero-order chi connectivity index (χ0) is 6.85. The minimum Gasteiger partial charge on any atom is -0.385 e. The van der Waals surface area contributed by atoms with Gasteiger partial charge in [-0.2, -0.15) is 0 Å². The van der Waals surface area contributed by atoms with Crippen LogP contribution in [0.1, 0.15) is 0 Å². The molecule has 50 valence electrons. The van der Waals surface area contributed by atoms with Crippen molar-refractivity contribution >= 4 is 17.6 Å². The van der Waals surface area contributed by atoms with Gasteiger partial charge in [-0.15, -0.1) is 0 Å². The summed E-state index contributed by atoms with van der Waals surface area (Å²) in [6, 6.07) is 0. The minimum atomic E-state index is -0.412. The molecule has 0 fully saturated rings. The van der Waals surface area contributed by atoms with E-state index in [9.17, 15) is 0 Å². The molecule has 0 aromatic rings. The molecule has 1 unspecified atom stereocenters. The van der Waals surface area contributed by atoms with Crippen molar-refractivity contribution in [2.24, 2.45) is 5.73 Å². The SMILES string of the molecule is N=C(N)C1SC=CN1O. The average molecular weight is 145 g/mol. The van der Waals surface area contributed by atoms with Gasteiger partial charge in [0.1, 0.15) is 5.84 Å². The van der Waals surface area contributed by atoms with Crippen molar-refractivity contribution in [1.29, 1.82) is 5.41 Å². The first kappa shape index (κ1) is 6.44. The molecule has 1 rings (SSSR count). The average Bonchev–Trinajstić information content (AvgIpc) is 2.13. The molecule has 0 amide bonds. The summed E-state index contributed by atoms with van der Waals surface area (Å²) < 4.78 is 0. The smallest absolute Gasteiger partial charge is 0.161 e. The fraction of sp³-hybridized carbons (Fsp3) is 0.250. The summed E-state index contributed by atoms with van der Waals surface area (Å²) in [5.41, 5.74) is 5.11. The maximum absolute atomic E-state index is 8.86. The Balaban J connectivity index is 2.55. The highest BCUT2D eigenvalue weighted by Gasteiger charge is 2.20. The molecule has 9 heavy (non-hydrogen) atoms. The van der Waals surface area contributed by atoms with Crippen LogP contribution in [0.3, 0.4) is 0 Å². The van der Waals surface area contributed by atoms with E-state index in [1.54, 1.807) is 5.41 Å². The predicted octanol–water partition coefficient (Wildman–Crippen LogP) is 0.158. The van der Waals surface area contributed by atoms with Gasteiger partial charge in [0.05, 0.1) is 0 Å². The van der Waals surface area contributed by atoms with Gasteiger partial charge in [-0.3, -0.25) is 10.6 Å². The third kappa shape index (κ3) is 1.17. The summed E-state index contributed by atoms with van der Waals surface area (Å²) in [4.78, 5) is 0. The maximum atomic E-state index is 8.86. The van der Waals surface area contributed by atoms with Crippen LogP contribution in [0.15, 0.2) is 11.6 Å². The fourth-order valence-corrected chi connectivity index (χ4v) is 1.21. The van der Waals surface area contributed by atoms with E-state index in [-0.39, 0.29) is 5.84 Å². The Labute approximate surface area is 56.8 Å². The summed E-state index contributed by atoms with van der Waals surface area (Å²) >= 11 is 1.30. The summed E-state index contributed by atoms with van der Waals surface area (Å²) in [5.74, 6) is -0.0347. The molecular weight excluding hydrogens is 138 g/mol. The molecule has 0 spiro atoms. The highest BCUT2D eigenvalue weighted by atomic mass is 32.2. The number of nitrogens with two attached hydrogens (primary N) is 1. The molecule has 0 aromatic heterocycles. The second-order valence-corrected chi connectivity index (χ2v) is 2.60. The zero-order valence-electron chi connectivity index (χ0n) is 4.61. The number of hydroxylamine groups is 2. The Kier molecular flexibility index (Phi) is 1.63. The Morgan fingerprint density at radius 1 is 1.89 bits per heavy atom. The molecule has 5 heteroatoms. The van der Waals surface area contributed by atoms with Crippen molar-refractivity contribution in [3.8, 4) is 0 Å². The van der Waals surface area contributed by atoms with Gasteiger partial charge in [-0.05, 0) is 5.41 Å². The fourth-order valence-electron chi connectivity index (χ4n) is 0.528. The van der Waals surface area contributed by atoms with E-state index >= 15 is 0 Å². The first-order valence-electron chi connectivity index (χ1n) is 2.35. The van der Waals surface area contributed by atoms with E-state index in [4.69, 9.17) is 16.4 Å². The van der Waals surface area contributed by atoms with E-state index in [0.717, 1.165) is 5.06 Å². The van der Waals surface area contributed by atoms with Crippen LogP contribution in [0.4, 0.5) is 0 Å². The minimum absolute atomic E-state index is 0.0347. The number of thioether (sulfide) groups is 1. The van der Waals surface area contributed by atoms with E-state index in [2.05, 4.69) is 0 Å². The number of nitrogens with one attached hydrogen (secondary N) is 1. The molecule has 0 aliphatic carbocycles. The van der Waals surface area contributed by atoms with Gasteiger partial charge in [0, 0.05) is 6.20 Å². The van der Waals surface area contributed by atoms with E-state index in [1.807, 2.05) is 0 Å². The largest absolute Gasteiger partial charge is 0.385 e. The number of amidine groups is 1. The van der Waals surface area contributed by atoms with Crippen molar-refractivity contribution in [2.75, 3.05) is 0 Å². The molecule has 4 nitrogen and oxygen atoms in total. The number of hydrogen-bond donors (Lipinski definition) is 3. The second-order valence-electron chi connectivity index (χ2n) is 1.61. The van der Waals surface area contributed by atoms with Crippen molar-refractivity contribution in [3.63, 3.8) is 0 Å². The van der Waals surface area contributed by atoms with E-state index < -0.39 is 5.37 Å². The van der Waals surface area contributed by atoms with E-state index in [1.165, 1.54) is 18.0 Å². The normalized spacial score (nSPS) is 25.0. The predicted molar refractivity (Wildman–Crippen MR) is 36.1 cm³/mol. The van der Waals surface area contributed by atoms with Crippen LogP contribution in [0.2, 0.25) is 0 Å². The van der Waals surface area contributed by atoms with Crippen molar-refractivity contribution < 1.29 is 5.21 Å². The van der Waals surface area contributed by atoms with Gasteiger partial charge in [0.15, 0.2) is 5.37 Å². The lowest BCUT2D eigenvalue weighted by Gasteiger charge is -2.14. The van der Waals surface area contributed by atoms with Gasteiger partial charge >= 0.3 is 0 Å². The third-order valence-electron chi connectivity index (χ3n) is 0.927. The van der Waals surface area contributed by atoms with E-state index in [0.29, 0.717) is 0 Å². The molecule has 0 saturated heterocycles. The van der Waals surface area contributed by atoms with Crippen LogP contribution in [-0.2, 0) is 0 Å². The van der Waals surface area contributed by atoms with Crippen molar-refractivity contribution in [2.45, 2.75) is 5.37 Å². The Hall–Kier alpha value is -0.680. The molecule has 1 heterocycles. The van der Waals surface area contributed by atoms with Gasteiger partial charge in [-0.25, -0.2) is 5.06 Å². The van der Waals surface area contributed by atoms with Crippen molar-refractivity contribution in [3.05, 3.63) is 11.6 Å². The lowest BCUT2D eigenvalue weighted by Crippen LogP contribution is -2.34. The monoisotopic (exact) mass is 145 g/mol. The van der Waals surface area contributed by atoms with Gasteiger partial charge in [-0.1, -0.05) is 11.8 Å². The Morgan fingerprint density at radius 3 is 2.78 bits per heavy atom. The van der Waals surface area contributed by atoms with Crippen LogP contribution >= 0.6 is 11.8 Å². The highest BCUT2D eigenvalue weighted by molar-refractivity contribution is 8.03. The number of rotatable bonds is 1. The molecule has 1 aliphatic rings. The van der Waals surface area contributed by atoms with Gasteiger partial charge in [0.25, 0.3) is 0 Å². The van der Waals surface area contributed by atoms with Crippen LogP contribution in [0.25, 0.3) is 0 Å². The van der Waals surface area contributed by atoms with Crippen molar-refractivity contribution in [1.82, 2.24) is 5.06 Å². The summed E-state index contributed by atoms with van der Waals surface area (Å²) in [6.07, 6.45) is 1.47. The molecule has 0 saturated carbocycles. The molecule has 0 aromatic carbocycles. The van der Waals surface area contributed by atoms with Crippen LogP contribution in [-0.4, -0.2) is 21.5 Å². The molecular formula is C4H7N3OS. The Bertz CT molecular complexity index is 158. The number of hydrogen-bond acceptors (Lipinski definition) is 4. The summed E-state index contributed by atoms with van der Waals surface area (Å²) in [7, 11) is 0. The topological polar surface area (TPSA) is 73.3 Å². The third-order valence-corrected chi connectivity index (χ3v) is 1.93. The molecule has 0 radical (unpaired) electrons. The molecule has 0 bridgehead atoms. The first-order chi connectivity index (χ1) is 4.22. The lowest BCUT2D eigenvalue weighted by atomic mass is 10.6. The quantitative estimate of drug-likeness (QED) is 0.363. The maximum Gasteiger partial charge on any atom is 0.161 e. The van der Waals surface area contributed by atoms with Gasteiger partial charge in [0.2, 0.25) is 0 Å². The van der Waals surface area contributed by atoms with Crippen LogP contribution < -0.4 is 5.73 Å². The molecule has 1 atom stereocenters. The second kappa shape index (κ2) is 2.28. The van der Waals surface area contributed by atoms with Gasteiger partial charge < -0.3 is 5.73 Å². The first-order valence-corrected chi connectivity index (χ1v) is 3.29. The number of nitrogens with zero attached hydrogens (tertiary/aromatic N) is 1. The molecule has 4 N–H and O–H groups in total. The Morgan fingerprint density at radius 2 is 2.56 bits per heavy atom. The molecule has 1 aliphatic heterocycles. The van der Waals surface area contributed by atoms with Crippen LogP contribution in [0.5, 0.6) is 0 Å². The zero-order valence-corrected chi connectivity index (χ0v) is 5.43.